The topological polar surface area (TPSA) is 30.5 Å². The first-order valence-corrected chi connectivity index (χ1v) is 5.68. The van der Waals surface area contributed by atoms with E-state index in [1.165, 1.54) is 5.56 Å². The lowest BCUT2D eigenvalue weighted by Crippen LogP contribution is -2.60. The van der Waals surface area contributed by atoms with Gasteiger partial charge in [0.1, 0.15) is 18.0 Å². The maximum atomic E-state index is 5.90. The van der Waals surface area contributed by atoms with Crippen LogP contribution in [0.3, 0.4) is 0 Å². The molecule has 0 heterocycles. The zero-order chi connectivity index (χ0) is 11.5. The lowest BCUT2D eigenvalue weighted by Gasteiger charge is -2.43. The van der Waals surface area contributed by atoms with Crippen LogP contribution in [0.25, 0.3) is 0 Å². The molecule has 1 aliphatic rings. The van der Waals surface area contributed by atoms with E-state index in [9.17, 15) is 0 Å². The van der Waals surface area contributed by atoms with E-state index in [-0.39, 0.29) is 12.2 Å². The van der Waals surface area contributed by atoms with Gasteiger partial charge in [-0.25, -0.2) is 0 Å². The number of likely N-dealkylation sites (N-methyl/N-ethyl adjacent to an activating group) is 1. The molecule has 2 rings (SSSR count). The van der Waals surface area contributed by atoms with Gasteiger partial charge in [0, 0.05) is 19.6 Å². The molecule has 0 bridgehead atoms. The third-order valence-corrected chi connectivity index (χ3v) is 3.17. The molecule has 0 radical (unpaired) electrons. The number of aryl methyl sites for hydroxylation is 1. The minimum atomic E-state index is 0.158. The molecule has 3 atom stereocenters. The predicted molar refractivity (Wildman–Crippen MR) is 63.9 cm³/mol. The van der Waals surface area contributed by atoms with E-state index >= 15 is 0 Å². The van der Waals surface area contributed by atoms with Gasteiger partial charge in [-0.3, -0.25) is 0 Å². The molecule has 1 fully saturated rings. The molecule has 1 aromatic carbocycles. The van der Waals surface area contributed by atoms with E-state index in [0.717, 1.165) is 12.2 Å². The number of rotatable bonds is 4. The van der Waals surface area contributed by atoms with Crippen molar-refractivity contribution in [2.75, 3.05) is 14.2 Å². The van der Waals surface area contributed by atoms with Gasteiger partial charge in [-0.2, -0.15) is 0 Å². The highest BCUT2D eigenvalue weighted by molar-refractivity contribution is 5.28. The van der Waals surface area contributed by atoms with Crippen LogP contribution in [-0.2, 0) is 4.74 Å². The molecule has 0 aliphatic heterocycles. The summed E-state index contributed by atoms with van der Waals surface area (Å²) in [5.41, 5.74) is 1.22. The molecular weight excluding hydrogens is 202 g/mol. The van der Waals surface area contributed by atoms with Crippen LogP contribution < -0.4 is 10.1 Å². The quantitative estimate of drug-likeness (QED) is 0.840. The van der Waals surface area contributed by atoms with Gasteiger partial charge >= 0.3 is 0 Å². The summed E-state index contributed by atoms with van der Waals surface area (Å²) in [5.74, 6) is 0.932. The van der Waals surface area contributed by atoms with Gasteiger partial charge in [0.15, 0.2) is 0 Å². The van der Waals surface area contributed by atoms with Gasteiger partial charge in [0.05, 0.1) is 0 Å². The van der Waals surface area contributed by atoms with Gasteiger partial charge in [-0.05, 0) is 31.7 Å². The Labute approximate surface area is 96.8 Å². The van der Waals surface area contributed by atoms with Gasteiger partial charge < -0.3 is 14.8 Å². The highest BCUT2D eigenvalue weighted by Gasteiger charge is 2.42. The minimum absolute atomic E-state index is 0.158. The smallest absolute Gasteiger partial charge is 0.128 e. The number of methoxy groups -OCH3 is 1. The monoisotopic (exact) mass is 221 g/mol. The van der Waals surface area contributed by atoms with E-state index in [2.05, 4.69) is 24.4 Å². The summed E-state index contributed by atoms with van der Waals surface area (Å²) >= 11 is 0. The molecule has 0 aromatic heterocycles. The molecule has 1 aromatic rings. The molecule has 3 unspecified atom stereocenters. The van der Waals surface area contributed by atoms with Gasteiger partial charge in [0.2, 0.25) is 0 Å². The Morgan fingerprint density at radius 3 is 2.81 bits per heavy atom. The van der Waals surface area contributed by atoms with Crippen molar-refractivity contribution in [2.45, 2.75) is 31.6 Å². The Bertz CT molecular complexity index is 354. The summed E-state index contributed by atoms with van der Waals surface area (Å²) in [6.07, 6.45) is 1.33. The van der Waals surface area contributed by atoms with Crippen molar-refractivity contribution >= 4 is 0 Å². The highest BCUT2D eigenvalue weighted by Crippen LogP contribution is 2.28. The largest absolute Gasteiger partial charge is 0.488 e. The van der Waals surface area contributed by atoms with Crippen LogP contribution in [0, 0.1) is 6.92 Å². The normalized spacial score (nSPS) is 28.6. The molecular formula is C13H19NO2. The molecule has 1 aliphatic carbocycles. The Kier molecular flexibility index (Phi) is 3.46. The maximum absolute atomic E-state index is 5.90. The molecule has 1 saturated carbocycles. The Hall–Kier alpha value is -1.06. The average Bonchev–Trinajstić information content (AvgIpc) is 2.24. The van der Waals surface area contributed by atoms with Crippen molar-refractivity contribution in [3.05, 3.63) is 29.8 Å². The van der Waals surface area contributed by atoms with E-state index in [4.69, 9.17) is 9.47 Å². The molecule has 16 heavy (non-hydrogen) atoms. The Morgan fingerprint density at radius 1 is 1.38 bits per heavy atom. The van der Waals surface area contributed by atoms with E-state index < -0.39 is 0 Å². The van der Waals surface area contributed by atoms with Crippen LogP contribution in [0.2, 0.25) is 0 Å². The summed E-state index contributed by atoms with van der Waals surface area (Å²) in [5, 5.41) is 3.22. The molecule has 0 amide bonds. The number of hydrogen-bond acceptors (Lipinski definition) is 3. The third kappa shape index (κ3) is 2.20. The van der Waals surface area contributed by atoms with Crippen LogP contribution in [0.15, 0.2) is 24.3 Å². The molecule has 88 valence electrons. The zero-order valence-electron chi connectivity index (χ0n) is 10.1. The van der Waals surface area contributed by atoms with Crippen LogP contribution >= 0.6 is 0 Å². The number of benzene rings is 1. The number of nitrogens with one attached hydrogen (secondary N) is 1. The molecule has 0 spiro atoms. The Morgan fingerprint density at radius 2 is 2.19 bits per heavy atom. The summed E-state index contributed by atoms with van der Waals surface area (Å²) in [7, 11) is 3.69. The second kappa shape index (κ2) is 4.85. The fraction of sp³-hybridized carbons (Fsp3) is 0.538. The standard InChI is InChI=1S/C13H19NO2/c1-9-5-4-6-10(7-9)16-12-8-11(14-2)13(12)15-3/h4-7,11-14H,8H2,1-3H3. The maximum Gasteiger partial charge on any atom is 0.128 e. The number of hydrogen-bond donors (Lipinski definition) is 1. The van der Waals surface area contributed by atoms with Crippen molar-refractivity contribution in [1.29, 1.82) is 0 Å². The molecule has 3 heteroatoms. The fourth-order valence-electron chi connectivity index (χ4n) is 2.16. The lowest BCUT2D eigenvalue weighted by atomic mass is 9.85. The predicted octanol–water partition coefficient (Wildman–Crippen LogP) is 1.75. The first-order chi connectivity index (χ1) is 7.74. The summed E-state index contributed by atoms with van der Waals surface area (Å²) in [6.45, 7) is 2.07. The summed E-state index contributed by atoms with van der Waals surface area (Å²) in [4.78, 5) is 0. The van der Waals surface area contributed by atoms with Crippen molar-refractivity contribution in [1.82, 2.24) is 5.32 Å². The van der Waals surface area contributed by atoms with Crippen LogP contribution in [0.5, 0.6) is 5.75 Å². The number of ether oxygens (including phenoxy) is 2. The van der Waals surface area contributed by atoms with Gasteiger partial charge in [-0.15, -0.1) is 0 Å². The van der Waals surface area contributed by atoms with E-state index in [1.807, 2.05) is 19.2 Å². The summed E-state index contributed by atoms with van der Waals surface area (Å²) in [6, 6.07) is 8.55. The van der Waals surface area contributed by atoms with E-state index in [0.29, 0.717) is 6.04 Å². The highest BCUT2D eigenvalue weighted by atomic mass is 16.5. The van der Waals surface area contributed by atoms with Gasteiger partial charge in [0.25, 0.3) is 0 Å². The third-order valence-electron chi connectivity index (χ3n) is 3.17. The lowest BCUT2D eigenvalue weighted by molar-refractivity contribution is -0.0869. The zero-order valence-corrected chi connectivity index (χ0v) is 10.1. The van der Waals surface area contributed by atoms with Crippen molar-refractivity contribution in [2.24, 2.45) is 0 Å². The van der Waals surface area contributed by atoms with Crippen molar-refractivity contribution in [3.63, 3.8) is 0 Å². The van der Waals surface area contributed by atoms with Crippen LogP contribution in [0.1, 0.15) is 12.0 Å². The van der Waals surface area contributed by atoms with E-state index in [1.54, 1.807) is 7.11 Å². The summed E-state index contributed by atoms with van der Waals surface area (Å²) < 4.78 is 11.3. The Balaban J connectivity index is 1.96. The molecule has 3 nitrogen and oxygen atoms in total. The van der Waals surface area contributed by atoms with Crippen molar-refractivity contribution in [3.8, 4) is 5.75 Å². The molecule has 0 saturated heterocycles. The van der Waals surface area contributed by atoms with Crippen LogP contribution in [0.4, 0.5) is 0 Å². The SMILES string of the molecule is CNC1CC(Oc2cccc(C)c2)C1OC. The van der Waals surface area contributed by atoms with Gasteiger partial charge in [-0.1, -0.05) is 12.1 Å². The second-order valence-electron chi connectivity index (χ2n) is 4.30. The minimum Gasteiger partial charge on any atom is -0.488 e. The first kappa shape index (κ1) is 11.4. The first-order valence-electron chi connectivity index (χ1n) is 5.68. The van der Waals surface area contributed by atoms with Crippen molar-refractivity contribution < 1.29 is 9.47 Å². The second-order valence-corrected chi connectivity index (χ2v) is 4.30. The molecule has 1 N–H and O–H groups in total. The fourth-order valence-corrected chi connectivity index (χ4v) is 2.16. The van der Waals surface area contributed by atoms with Crippen LogP contribution in [-0.4, -0.2) is 32.4 Å². The average molecular weight is 221 g/mol.